The molecule has 0 aliphatic heterocycles. The van der Waals surface area contributed by atoms with Crippen molar-refractivity contribution in [3.63, 3.8) is 0 Å². The molecule has 0 spiro atoms. The first-order valence-corrected chi connectivity index (χ1v) is 8.23. The molecule has 3 aromatic heterocycles. The monoisotopic (exact) mass is 337 g/mol. The zero-order valence-corrected chi connectivity index (χ0v) is 13.7. The number of rotatable bonds is 5. The maximum atomic E-state index is 6.08. The third kappa shape index (κ3) is 2.90. The fraction of sp³-hybridized carbons (Fsp3) is 0.167. The second-order valence-electron chi connectivity index (χ2n) is 5.61. The van der Waals surface area contributed by atoms with Crippen molar-refractivity contribution in [2.24, 2.45) is 0 Å². The van der Waals surface area contributed by atoms with Gasteiger partial charge in [0.15, 0.2) is 0 Å². The summed E-state index contributed by atoms with van der Waals surface area (Å²) >= 11 is 6.08. The van der Waals surface area contributed by atoms with Crippen LogP contribution in [0.4, 0.5) is 5.69 Å². The number of fused-ring (bicyclic) bond motifs is 2. The van der Waals surface area contributed by atoms with Crippen LogP contribution in [0.25, 0.3) is 21.8 Å². The number of nitrogens with zero attached hydrogens (tertiary/aromatic N) is 4. The number of aromatic nitrogens is 4. The minimum atomic E-state index is 0.732. The van der Waals surface area contributed by atoms with Crippen LogP contribution in [-0.4, -0.2) is 26.3 Å². The van der Waals surface area contributed by atoms with Crippen molar-refractivity contribution < 1.29 is 0 Å². The zero-order chi connectivity index (χ0) is 16.4. The molecule has 1 aromatic carbocycles. The van der Waals surface area contributed by atoms with Crippen molar-refractivity contribution in [1.82, 2.24) is 19.7 Å². The van der Waals surface area contributed by atoms with E-state index >= 15 is 0 Å². The smallest absolute Gasteiger partial charge is 0.0964 e. The maximum Gasteiger partial charge on any atom is 0.0964 e. The minimum Gasteiger partial charge on any atom is -0.382 e. The van der Waals surface area contributed by atoms with Gasteiger partial charge in [0.1, 0.15) is 0 Å². The van der Waals surface area contributed by atoms with Crippen LogP contribution in [-0.2, 0) is 6.54 Å². The highest BCUT2D eigenvalue weighted by Gasteiger charge is 2.04. The van der Waals surface area contributed by atoms with Crippen LogP contribution in [0.15, 0.2) is 55.1 Å². The number of aryl methyl sites for hydroxylation is 1. The molecule has 0 amide bonds. The van der Waals surface area contributed by atoms with E-state index in [2.05, 4.69) is 20.4 Å². The highest BCUT2D eigenvalue weighted by Crippen LogP contribution is 2.20. The Morgan fingerprint density at radius 3 is 3.00 bits per heavy atom. The predicted octanol–water partition coefficient (Wildman–Crippen LogP) is 4.14. The Morgan fingerprint density at radius 2 is 2.04 bits per heavy atom. The van der Waals surface area contributed by atoms with E-state index in [1.807, 2.05) is 53.6 Å². The van der Waals surface area contributed by atoms with E-state index in [9.17, 15) is 0 Å². The van der Waals surface area contributed by atoms with Crippen LogP contribution in [0, 0.1) is 0 Å². The van der Waals surface area contributed by atoms with Gasteiger partial charge in [-0.2, -0.15) is 5.10 Å². The van der Waals surface area contributed by atoms with Gasteiger partial charge in [0.05, 0.1) is 29.1 Å². The topological polar surface area (TPSA) is 55.6 Å². The van der Waals surface area contributed by atoms with Crippen molar-refractivity contribution in [3.05, 3.63) is 60.1 Å². The van der Waals surface area contributed by atoms with Gasteiger partial charge in [-0.3, -0.25) is 14.6 Å². The Kier molecular flexibility index (Phi) is 4.01. The first-order valence-electron chi connectivity index (χ1n) is 7.85. The molecule has 4 aromatic rings. The van der Waals surface area contributed by atoms with Crippen LogP contribution < -0.4 is 5.32 Å². The number of anilines is 1. The molecule has 6 heteroatoms. The lowest BCUT2D eigenvalue weighted by molar-refractivity contribution is 0.610. The molecular weight excluding hydrogens is 322 g/mol. The number of nitrogens with one attached hydrogen (secondary N) is 1. The van der Waals surface area contributed by atoms with Crippen molar-refractivity contribution >= 4 is 39.1 Å². The average Bonchev–Trinajstić information content (AvgIpc) is 3.01. The largest absolute Gasteiger partial charge is 0.382 e. The van der Waals surface area contributed by atoms with Gasteiger partial charge in [-0.05, 0) is 36.8 Å². The first kappa shape index (κ1) is 14.9. The lowest BCUT2D eigenvalue weighted by Crippen LogP contribution is -2.08. The van der Waals surface area contributed by atoms with E-state index in [4.69, 9.17) is 11.6 Å². The number of pyridine rings is 2. The summed E-state index contributed by atoms with van der Waals surface area (Å²) in [6, 6.07) is 9.77. The standard InChI is InChI=1S/C18H16ClN5/c19-15-5-4-13-11-23-24(17(13)9-15)8-2-7-21-16-12-20-10-14-3-1-6-22-18(14)16/h1,3-6,9-12,21H,2,7-8H2. The number of halogens is 1. The molecule has 0 aliphatic carbocycles. The summed E-state index contributed by atoms with van der Waals surface area (Å²) in [5, 5.41) is 10.7. The summed E-state index contributed by atoms with van der Waals surface area (Å²) in [4.78, 5) is 8.68. The van der Waals surface area contributed by atoms with Crippen molar-refractivity contribution in [2.75, 3.05) is 11.9 Å². The second kappa shape index (κ2) is 6.45. The van der Waals surface area contributed by atoms with E-state index in [0.717, 1.165) is 52.0 Å². The van der Waals surface area contributed by atoms with E-state index in [-0.39, 0.29) is 0 Å². The summed E-state index contributed by atoms with van der Waals surface area (Å²) in [5.74, 6) is 0. The Labute approximate surface area is 144 Å². The Hall–Kier alpha value is -2.66. The fourth-order valence-corrected chi connectivity index (χ4v) is 2.97. The predicted molar refractivity (Wildman–Crippen MR) is 97.4 cm³/mol. The van der Waals surface area contributed by atoms with E-state index in [0.29, 0.717) is 0 Å². The van der Waals surface area contributed by atoms with Crippen molar-refractivity contribution in [2.45, 2.75) is 13.0 Å². The van der Waals surface area contributed by atoms with Crippen molar-refractivity contribution in [3.8, 4) is 0 Å². The third-order valence-electron chi connectivity index (χ3n) is 3.98. The molecule has 1 N–H and O–H groups in total. The minimum absolute atomic E-state index is 0.732. The summed E-state index contributed by atoms with van der Waals surface area (Å²) in [7, 11) is 0. The van der Waals surface area contributed by atoms with Crippen LogP contribution in [0.1, 0.15) is 6.42 Å². The van der Waals surface area contributed by atoms with Gasteiger partial charge >= 0.3 is 0 Å². The molecule has 0 fully saturated rings. The zero-order valence-electron chi connectivity index (χ0n) is 13.0. The normalized spacial score (nSPS) is 11.2. The third-order valence-corrected chi connectivity index (χ3v) is 4.22. The summed E-state index contributed by atoms with van der Waals surface area (Å²) in [6.45, 7) is 1.64. The molecule has 3 heterocycles. The second-order valence-corrected chi connectivity index (χ2v) is 6.05. The Balaban J connectivity index is 1.43. The average molecular weight is 338 g/mol. The van der Waals surface area contributed by atoms with E-state index in [1.165, 1.54) is 0 Å². The molecule has 120 valence electrons. The highest BCUT2D eigenvalue weighted by molar-refractivity contribution is 6.31. The maximum absolute atomic E-state index is 6.08. The van der Waals surface area contributed by atoms with Crippen LogP contribution in [0.2, 0.25) is 5.02 Å². The van der Waals surface area contributed by atoms with Gasteiger partial charge in [0.2, 0.25) is 0 Å². The SMILES string of the molecule is Clc1ccc2cnn(CCCNc3cncc4cccnc34)c2c1. The van der Waals surface area contributed by atoms with Gasteiger partial charge in [0.25, 0.3) is 0 Å². The summed E-state index contributed by atoms with van der Waals surface area (Å²) in [5.41, 5.74) is 2.97. The van der Waals surface area contributed by atoms with Gasteiger partial charge < -0.3 is 5.32 Å². The lowest BCUT2D eigenvalue weighted by atomic mass is 10.2. The van der Waals surface area contributed by atoms with Crippen molar-refractivity contribution in [1.29, 1.82) is 0 Å². The van der Waals surface area contributed by atoms with Crippen LogP contribution >= 0.6 is 11.6 Å². The van der Waals surface area contributed by atoms with E-state index < -0.39 is 0 Å². The number of benzene rings is 1. The molecule has 0 saturated heterocycles. The van der Waals surface area contributed by atoms with Gasteiger partial charge in [-0.25, -0.2) is 0 Å². The molecule has 0 atom stereocenters. The lowest BCUT2D eigenvalue weighted by Gasteiger charge is -2.09. The number of hydrogen-bond donors (Lipinski definition) is 1. The van der Waals surface area contributed by atoms with Crippen LogP contribution in [0.5, 0.6) is 0 Å². The van der Waals surface area contributed by atoms with Gasteiger partial charge in [0, 0.05) is 41.3 Å². The summed E-state index contributed by atoms with van der Waals surface area (Å²) in [6.07, 6.45) is 8.25. The molecule has 0 radical (unpaired) electrons. The molecule has 0 saturated carbocycles. The fourth-order valence-electron chi connectivity index (χ4n) is 2.80. The molecule has 0 bridgehead atoms. The van der Waals surface area contributed by atoms with E-state index in [1.54, 1.807) is 6.20 Å². The molecule has 0 unspecified atom stereocenters. The molecule has 0 aliphatic rings. The highest BCUT2D eigenvalue weighted by atomic mass is 35.5. The Bertz CT molecular complexity index is 990. The summed E-state index contributed by atoms with van der Waals surface area (Å²) < 4.78 is 1.99. The van der Waals surface area contributed by atoms with Gasteiger partial charge in [-0.15, -0.1) is 0 Å². The molecular formula is C18H16ClN5. The quantitative estimate of drug-likeness (QED) is 0.556. The van der Waals surface area contributed by atoms with Gasteiger partial charge in [-0.1, -0.05) is 11.6 Å². The van der Waals surface area contributed by atoms with Crippen LogP contribution in [0.3, 0.4) is 0 Å². The number of hydrogen-bond acceptors (Lipinski definition) is 4. The first-order chi connectivity index (χ1) is 11.8. The Morgan fingerprint density at radius 1 is 1.08 bits per heavy atom. The molecule has 4 rings (SSSR count). The molecule has 5 nitrogen and oxygen atoms in total. The molecule has 24 heavy (non-hydrogen) atoms.